The molecule has 1 unspecified atom stereocenters. The maximum absolute atomic E-state index is 4.88. The minimum Gasteiger partial charge on any atom is -0.314 e. The predicted octanol–water partition coefficient (Wildman–Crippen LogP) is 2.25. The van der Waals surface area contributed by atoms with Gasteiger partial charge in [0.25, 0.3) is 0 Å². The van der Waals surface area contributed by atoms with Crippen LogP contribution in [0.15, 0.2) is 5.38 Å². The Hall–Kier alpha value is -0.450. The zero-order valence-corrected chi connectivity index (χ0v) is 12.0. The average molecular weight is 265 g/mol. The third-order valence-corrected chi connectivity index (χ3v) is 5.29. The van der Waals surface area contributed by atoms with Crippen LogP contribution in [-0.2, 0) is 6.42 Å². The molecule has 4 heteroatoms. The molecule has 2 fully saturated rings. The molecule has 1 saturated carbocycles. The normalized spacial score (nSPS) is 26.8. The van der Waals surface area contributed by atoms with Crippen LogP contribution in [0.25, 0.3) is 0 Å². The van der Waals surface area contributed by atoms with Crippen molar-refractivity contribution in [1.29, 1.82) is 0 Å². The summed E-state index contributed by atoms with van der Waals surface area (Å²) in [5.74, 6) is 0.761. The fraction of sp³-hybridized carbons (Fsp3) is 0.786. The fourth-order valence-electron chi connectivity index (χ4n) is 3.12. The average Bonchev–Trinajstić information content (AvgIpc) is 3.02. The molecule has 1 aliphatic heterocycles. The quantitative estimate of drug-likeness (QED) is 0.908. The van der Waals surface area contributed by atoms with Crippen molar-refractivity contribution in [2.75, 3.05) is 26.7 Å². The minimum atomic E-state index is 0.626. The Bertz CT molecular complexity index is 384. The molecule has 0 spiro atoms. The van der Waals surface area contributed by atoms with Gasteiger partial charge < -0.3 is 10.2 Å². The maximum Gasteiger partial charge on any atom is 0.0944 e. The second kappa shape index (κ2) is 5.68. The zero-order chi connectivity index (χ0) is 12.4. The molecule has 0 radical (unpaired) electrons. The first-order valence-electron chi connectivity index (χ1n) is 7.18. The van der Waals surface area contributed by atoms with Gasteiger partial charge in [0, 0.05) is 43.4 Å². The Balaban J connectivity index is 1.62. The first kappa shape index (κ1) is 12.6. The van der Waals surface area contributed by atoms with Gasteiger partial charge in [-0.3, -0.25) is 0 Å². The van der Waals surface area contributed by atoms with Crippen molar-refractivity contribution in [3.63, 3.8) is 0 Å². The topological polar surface area (TPSA) is 28.2 Å². The Morgan fingerprint density at radius 3 is 3.06 bits per heavy atom. The van der Waals surface area contributed by atoms with E-state index >= 15 is 0 Å². The van der Waals surface area contributed by atoms with Crippen LogP contribution in [0.3, 0.4) is 0 Å². The lowest BCUT2D eigenvalue weighted by atomic mass is 10.1. The lowest BCUT2D eigenvalue weighted by Crippen LogP contribution is -2.50. The Labute approximate surface area is 114 Å². The van der Waals surface area contributed by atoms with Gasteiger partial charge in [-0.1, -0.05) is 12.8 Å². The summed E-state index contributed by atoms with van der Waals surface area (Å²) in [5, 5.41) is 7.12. The van der Waals surface area contributed by atoms with E-state index in [1.165, 1.54) is 36.4 Å². The molecule has 0 bridgehead atoms. The molecule has 1 atom stereocenters. The lowest BCUT2D eigenvalue weighted by molar-refractivity contribution is 0.199. The van der Waals surface area contributed by atoms with Crippen molar-refractivity contribution in [3.8, 4) is 0 Å². The molecule has 3 nitrogen and oxygen atoms in total. The van der Waals surface area contributed by atoms with Crippen LogP contribution >= 0.6 is 11.3 Å². The fourth-order valence-corrected chi connectivity index (χ4v) is 4.07. The van der Waals surface area contributed by atoms with E-state index in [-0.39, 0.29) is 0 Å². The zero-order valence-electron chi connectivity index (χ0n) is 11.2. The van der Waals surface area contributed by atoms with Crippen molar-refractivity contribution in [2.24, 2.45) is 0 Å². The smallest absolute Gasteiger partial charge is 0.0944 e. The molecular formula is C14H23N3S. The number of thiazole rings is 1. The Morgan fingerprint density at radius 1 is 1.44 bits per heavy atom. The van der Waals surface area contributed by atoms with E-state index in [1.807, 2.05) is 11.3 Å². The van der Waals surface area contributed by atoms with Gasteiger partial charge in [-0.2, -0.15) is 0 Å². The third-order valence-electron chi connectivity index (χ3n) is 4.40. The van der Waals surface area contributed by atoms with E-state index in [2.05, 4.69) is 22.6 Å². The summed E-state index contributed by atoms with van der Waals surface area (Å²) in [6, 6.07) is 0.626. The van der Waals surface area contributed by atoms with E-state index in [0.717, 1.165) is 32.0 Å². The van der Waals surface area contributed by atoms with Gasteiger partial charge in [-0.15, -0.1) is 11.3 Å². The molecule has 2 aliphatic rings. The van der Waals surface area contributed by atoms with Gasteiger partial charge in [-0.05, 0) is 19.9 Å². The number of likely N-dealkylation sites (N-methyl/N-ethyl adjacent to an activating group) is 1. The number of aromatic nitrogens is 1. The van der Waals surface area contributed by atoms with Crippen molar-refractivity contribution in [3.05, 3.63) is 16.1 Å². The first-order valence-corrected chi connectivity index (χ1v) is 8.06. The summed E-state index contributed by atoms with van der Waals surface area (Å²) in [4.78, 5) is 7.35. The van der Waals surface area contributed by atoms with E-state index in [9.17, 15) is 0 Å². The number of nitrogens with one attached hydrogen (secondary N) is 1. The van der Waals surface area contributed by atoms with Gasteiger partial charge in [0.15, 0.2) is 0 Å². The van der Waals surface area contributed by atoms with Crippen LogP contribution in [0, 0.1) is 0 Å². The van der Waals surface area contributed by atoms with Crippen LogP contribution in [0.2, 0.25) is 0 Å². The molecule has 2 heterocycles. The maximum atomic E-state index is 4.88. The molecular weight excluding hydrogens is 242 g/mol. The van der Waals surface area contributed by atoms with Gasteiger partial charge >= 0.3 is 0 Å². The first-order chi connectivity index (χ1) is 8.83. The molecule has 18 heavy (non-hydrogen) atoms. The molecule has 1 aromatic heterocycles. The van der Waals surface area contributed by atoms with Crippen molar-refractivity contribution < 1.29 is 0 Å². The number of hydrogen-bond acceptors (Lipinski definition) is 4. The second-order valence-electron chi connectivity index (χ2n) is 5.69. The number of rotatable bonds is 3. The number of nitrogens with zero attached hydrogens (tertiary/aromatic N) is 2. The van der Waals surface area contributed by atoms with Crippen LogP contribution in [-0.4, -0.2) is 42.6 Å². The number of piperazine rings is 1. The van der Waals surface area contributed by atoms with Gasteiger partial charge in [0.2, 0.25) is 0 Å². The summed E-state index contributed by atoms with van der Waals surface area (Å²) in [6.07, 6.45) is 6.61. The summed E-state index contributed by atoms with van der Waals surface area (Å²) in [7, 11) is 2.23. The molecule has 0 aromatic carbocycles. The highest BCUT2D eigenvalue weighted by Gasteiger charge is 2.22. The van der Waals surface area contributed by atoms with Gasteiger partial charge in [0.1, 0.15) is 0 Å². The van der Waals surface area contributed by atoms with Crippen LogP contribution in [0.1, 0.15) is 42.3 Å². The number of hydrogen-bond donors (Lipinski definition) is 1. The highest BCUT2D eigenvalue weighted by Crippen LogP contribution is 2.34. The van der Waals surface area contributed by atoms with Crippen molar-refractivity contribution in [1.82, 2.24) is 15.2 Å². The molecule has 1 aromatic rings. The van der Waals surface area contributed by atoms with Gasteiger partial charge in [-0.25, -0.2) is 4.98 Å². The largest absolute Gasteiger partial charge is 0.314 e. The molecule has 0 amide bonds. The summed E-state index contributed by atoms with van der Waals surface area (Å²) in [5.41, 5.74) is 1.37. The monoisotopic (exact) mass is 265 g/mol. The highest BCUT2D eigenvalue weighted by atomic mass is 32.1. The van der Waals surface area contributed by atoms with Gasteiger partial charge in [0.05, 0.1) is 10.7 Å². The van der Waals surface area contributed by atoms with Crippen LogP contribution < -0.4 is 5.32 Å². The van der Waals surface area contributed by atoms with Crippen molar-refractivity contribution >= 4 is 11.3 Å². The van der Waals surface area contributed by atoms with E-state index in [1.54, 1.807) is 0 Å². The lowest BCUT2D eigenvalue weighted by Gasteiger charge is -2.32. The standard InChI is InChI=1S/C14H23N3S/c1-17-7-6-15-9-12(17)8-14-16-13(10-18-14)11-4-2-3-5-11/h10-12,15H,2-9H2,1H3. The summed E-state index contributed by atoms with van der Waals surface area (Å²) < 4.78 is 0. The highest BCUT2D eigenvalue weighted by molar-refractivity contribution is 7.09. The van der Waals surface area contributed by atoms with E-state index < -0.39 is 0 Å². The van der Waals surface area contributed by atoms with Crippen LogP contribution in [0.5, 0.6) is 0 Å². The second-order valence-corrected chi connectivity index (χ2v) is 6.63. The summed E-state index contributed by atoms with van der Waals surface area (Å²) >= 11 is 1.87. The van der Waals surface area contributed by atoms with E-state index in [4.69, 9.17) is 4.98 Å². The molecule has 100 valence electrons. The Morgan fingerprint density at radius 2 is 2.28 bits per heavy atom. The Kier molecular flexibility index (Phi) is 3.97. The molecule has 1 N–H and O–H groups in total. The molecule has 1 aliphatic carbocycles. The predicted molar refractivity (Wildman–Crippen MR) is 76.3 cm³/mol. The van der Waals surface area contributed by atoms with Crippen LogP contribution in [0.4, 0.5) is 0 Å². The van der Waals surface area contributed by atoms with E-state index in [0.29, 0.717) is 6.04 Å². The minimum absolute atomic E-state index is 0.626. The summed E-state index contributed by atoms with van der Waals surface area (Å²) in [6.45, 7) is 3.39. The SMILES string of the molecule is CN1CCNCC1Cc1nc(C2CCCC2)cs1. The third kappa shape index (κ3) is 2.76. The molecule has 3 rings (SSSR count). The van der Waals surface area contributed by atoms with Crippen molar-refractivity contribution in [2.45, 2.75) is 44.1 Å². The molecule has 1 saturated heterocycles.